The highest BCUT2D eigenvalue weighted by Crippen LogP contribution is 2.34. The molecule has 0 aliphatic carbocycles. The number of thiazole rings is 1. The SMILES string of the molecule is CCc1nc(C(F)(F)F)c(C(N)=O)s1. The van der Waals surface area contributed by atoms with Gasteiger partial charge in [-0.15, -0.1) is 11.3 Å². The number of hydrogen-bond acceptors (Lipinski definition) is 3. The number of amides is 1. The Morgan fingerprint density at radius 2 is 2.14 bits per heavy atom. The van der Waals surface area contributed by atoms with E-state index < -0.39 is 22.7 Å². The predicted octanol–water partition coefficient (Wildman–Crippen LogP) is 1.82. The van der Waals surface area contributed by atoms with Gasteiger partial charge in [0.25, 0.3) is 5.91 Å². The third-order valence-corrected chi connectivity index (χ3v) is 2.68. The molecule has 1 rings (SSSR count). The minimum absolute atomic E-state index is 0.256. The van der Waals surface area contributed by atoms with Crippen molar-refractivity contribution in [3.63, 3.8) is 0 Å². The third kappa shape index (κ3) is 2.03. The maximum Gasteiger partial charge on any atom is 0.435 e. The molecule has 0 atom stereocenters. The molecule has 0 unspecified atom stereocenters. The van der Waals surface area contributed by atoms with Gasteiger partial charge < -0.3 is 5.73 Å². The molecule has 0 aromatic carbocycles. The summed E-state index contributed by atoms with van der Waals surface area (Å²) >= 11 is 0.689. The van der Waals surface area contributed by atoms with Gasteiger partial charge in [-0.1, -0.05) is 6.92 Å². The largest absolute Gasteiger partial charge is 0.435 e. The first-order valence-electron chi connectivity index (χ1n) is 3.73. The van der Waals surface area contributed by atoms with Crippen molar-refractivity contribution in [2.24, 2.45) is 5.73 Å². The monoisotopic (exact) mass is 224 g/mol. The Labute approximate surface area is 81.7 Å². The third-order valence-electron chi connectivity index (χ3n) is 1.47. The van der Waals surface area contributed by atoms with Gasteiger partial charge in [-0.05, 0) is 6.42 Å². The van der Waals surface area contributed by atoms with Crippen molar-refractivity contribution < 1.29 is 18.0 Å². The number of rotatable bonds is 2. The van der Waals surface area contributed by atoms with Crippen molar-refractivity contribution in [3.8, 4) is 0 Å². The molecular formula is C7H7F3N2OS. The van der Waals surface area contributed by atoms with Crippen LogP contribution in [0.3, 0.4) is 0 Å². The Hall–Kier alpha value is -1.11. The summed E-state index contributed by atoms with van der Waals surface area (Å²) in [6, 6.07) is 0. The van der Waals surface area contributed by atoms with Crippen LogP contribution in [0.5, 0.6) is 0 Å². The fourth-order valence-electron chi connectivity index (χ4n) is 0.875. The summed E-state index contributed by atoms with van der Waals surface area (Å²) in [6.07, 6.45) is -4.27. The quantitative estimate of drug-likeness (QED) is 0.833. The van der Waals surface area contributed by atoms with Crippen molar-refractivity contribution in [2.75, 3.05) is 0 Å². The molecule has 1 aromatic rings. The van der Waals surface area contributed by atoms with Crippen molar-refractivity contribution in [1.82, 2.24) is 4.98 Å². The van der Waals surface area contributed by atoms with Gasteiger partial charge in [-0.3, -0.25) is 4.79 Å². The van der Waals surface area contributed by atoms with E-state index in [1.54, 1.807) is 6.92 Å². The van der Waals surface area contributed by atoms with Crippen LogP contribution in [0.15, 0.2) is 0 Å². The minimum atomic E-state index is -4.62. The predicted molar refractivity (Wildman–Crippen MR) is 45.0 cm³/mol. The van der Waals surface area contributed by atoms with Crippen molar-refractivity contribution in [2.45, 2.75) is 19.5 Å². The zero-order valence-electron chi connectivity index (χ0n) is 7.18. The molecule has 14 heavy (non-hydrogen) atoms. The molecule has 1 amide bonds. The van der Waals surface area contributed by atoms with E-state index in [1.807, 2.05) is 0 Å². The van der Waals surface area contributed by atoms with E-state index in [0.717, 1.165) is 0 Å². The molecule has 0 aliphatic heterocycles. The lowest BCUT2D eigenvalue weighted by Gasteiger charge is -2.02. The summed E-state index contributed by atoms with van der Waals surface area (Å²) in [5.74, 6) is -1.09. The van der Waals surface area contributed by atoms with Gasteiger partial charge in [0.05, 0.1) is 5.01 Å². The molecule has 0 saturated carbocycles. The molecule has 1 aromatic heterocycles. The summed E-state index contributed by atoms with van der Waals surface area (Å²) in [4.78, 5) is 13.5. The van der Waals surface area contributed by atoms with E-state index in [2.05, 4.69) is 4.98 Å². The second-order valence-electron chi connectivity index (χ2n) is 2.50. The van der Waals surface area contributed by atoms with Crippen molar-refractivity contribution >= 4 is 17.2 Å². The summed E-state index contributed by atoms with van der Waals surface area (Å²) in [7, 11) is 0. The highest BCUT2D eigenvalue weighted by molar-refractivity contribution is 7.13. The van der Waals surface area contributed by atoms with E-state index in [1.165, 1.54) is 0 Å². The maximum atomic E-state index is 12.3. The van der Waals surface area contributed by atoms with E-state index in [-0.39, 0.29) is 5.01 Å². The molecule has 3 nitrogen and oxygen atoms in total. The number of carbonyl (C=O) groups is 1. The second-order valence-corrected chi connectivity index (χ2v) is 3.58. The summed E-state index contributed by atoms with van der Waals surface area (Å²) in [5.41, 5.74) is 3.64. The van der Waals surface area contributed by atoms with Crippen LogP contribution in [0.4, 0.5) is 13.2 Å². The highest BCUT2D eigenvalue weighted by atomic mass is 32.1. The molecule has 0 spiro atoms. The molecular weight excluding hydrogens is 217 g/mol. The molecule has 0 bridgehead atoms. The normalized spacial score (nSPS) is 11.7. The molecule has 0 aliphatic rings. The van der Waals surface area contributed by atoms with E-state index >= 15 is 0 Å². The number of aromatic nitrogens is 1. The highest BCUT2D eigenvalue weighted by Gasteiger charge is 2.38. The average Bonchev–Trinajstić information content (AvgIpc) is 2.46. The van der Waals surface area contributed by atoms with Crippen LogP contribution in [-0.2, 0) is 12.6 Å². The zero-order valence-corrected chi connectivity index (χ0v) is 8.00. The lowest BCUT2D eigenvalue weighted by atomic mass is 10.3. The van der Waals surface area contributed by atoms with Crippen LogP contribution in [0.25, 0.3) is 0 Å². The fourth-order valence-corrected chi connectivity index (χ4v) is 1.75. The van der Waals surface area contributed by atoms with Crippen LogP contribution < -0.4 is 5.73 Å². The van der Waals surface area contributed by atoms with Gasteiger partial charge in [0, 0.05) is 0 Å². The Bertz CT molecular complexity index is 358. The van der Waals surface area contributed by atoms with Crippen molar-refractivity contribution in [1.29, 1.82) is 0 Å². The maximum absolute atomic E-state index is 12.3. The number of alkyl halides is 3. The summed E-state index contributed by atoms with van der Waals surface area (Å²) in [6.45, 7) is 1.66. The topological polar surface area (TPSA) is 56.0 Å². The van der Waals surface area contributed by atoms with Crippen LogP contribution in [0, 0.1) is 0 Å². The number of aryl methyl sites for hydroxylation is 1. The Morgan fingerprint density at radius 3 is 2.43 bits per heavy atom. The summed E-state index contributed by atoms with van der Waals surface area (Å²) < 4.78 is 36.9. The van der Waals surface area contributed by atoms with Crippen LogP contribution >= 0.6 is 11.3 Å². The number of hydrogen-bond donors (Lipinski definition) is 1. The Balaban J connectivity index is 3.26. The van der Waals surface area contributed by atoms with Gasteiger partial charge in [0.2, 0.25) is 0 Å². The second kappa shape index (κ2) is 3.56. The molecule has 0 saturated heterocycles. The van der Waals surface area contributed by atoms with Gasteiger partial charge in [0.1, 0.15) is 4.88 Å². The zero-order chi connectivity index (χ0) is 10.9. The number of halogens is 3. The van der Waals surface area contributed by atoms with Crippen LogP contribution in [-0.4, -0.2) is 10.9 Å². The molecule has 0 fully saturated rings. The van der Waals surface area contributed by atoms with Gasteiger partial charge >= 0.3 is 6.18 Å². The number of primary amides is 1. The number of nitrogens with zero attached hydrogens (tertiary/aromatic N) is 1. The van der Waals surface area contributed by atoms with E-state index in [4.69, 9.17) is 5.73 Å². The summed E-state index contributed by atoms with van der Waals surface area (Å²) in [5, 5.41) is 0.256. The van der Waals surface area contributed by atoms with Gasteiger partial charge in [0.15, 0.2) is 5.69 Å². The lowest BCUT2D eigenvalue weighted by molar-refractivity contribution is -0.141. The molecule has 2 N–H and O–H groups in total. The first-order valence-corrected chi connectivity index (χ1v) is 4.54. The van der Waals surface area contributed by atoms with Crippen LogP contribution in [0.2, 0.25) is 0 Å². The molecule has 7 heteroatoms. The average molecular weight is 224 g/mol. The van der Waals surface area contributed by atoms with Crippen LogP contribution in [0.1, 0.15) is 27.3 Å². The first-order chi connectivity index (χ1) is 6.36. The molecule has 1 heterocycles. The standard InChI is InChI=1S/C7H7F3N2OS/c1-2-3-12-5(7(8,9)10)4(14-3)6(11)13/h2H2,1H3,(H2,11,13). The fraction of sp³-hybridized carbons (Fsp3) is 0.429. The smallest absolute Gasteiger partial charge is 0.365 e. The first kappa shape index (κ1) is 11.0. The van der Waals surface area contributed by atoms with Gasteiger partial charge in [-0.2, -0.15) is 13.2 Å². The lowest BCUT2D eigenvalue weighted by Crippen LogP contribution is -2.16. The van der Waals surface area contributed by atoms with E-state index in [0.29, 0.717) is 17.8 Å². The Morgan fingerprint density at radius 1 is 1.57 bits per heavy atom. The number of carbonyl (C=O) groups excluding carboxylic acids is 1. The molecule has 78 valence electrons. The van der Waals surface area contributed by atoms with Crippen molar-refractivity contribution in [3.05, 3.63) is 15.6 Å². The Kier molecular flexibility index (Phi) is 2.79. The number of nitrogens with two attached hydrogens (primary N) is 1. The van der Waals surface area contributed by atoms with Gasteiger partial charge in [-0.25, -0.2) is 4.98 Å². The minimum Gasteiger partial charge on any atom is -0.365 e. The molecule has 0 radical (unpaired) electrons. The van der Waals surface area contributed by atoms with E-state index in [9.17, 15) is 18.0 Å².